The molecule has 2 aliphatic heterocycles. The van der Waals surface area contributed by atoms with Gasteiger partial charge in [0.25, 0.3) is 0 Å². The van der Waals surface area contributed by atoms with Crippen molar-refractivity contribution in [2.45, 2.75) is 45.3 Å². The first-order chi connectivity index (χ1) is 10.2. The van der Waals surface area contributed by atoms with Gasteiger partial charge in [0.05, 0.1) is 12.7 Å². The highest BCUT2D eigenvalue weighted by Gasteiger charge is 2.32. The van der Waals surface area contributed by atoms with Crippen LogP contribution in [0.5, 0.6) is 5.75 Å². The summed E-state index contributed by atoms with van der Waals surface area (Å²) in [7, 11) is 0. The molecule has 4 heteroatoms. The Labute approximate surface area is 135 Å². The summed E-state index contributed by atoms with van der Waals surface area (Å²) >= 11 is 3.64. The molecular formula is C17H24BrNO2. The van der Waals surface area contributed by atoms with Gasteiger partial charge >= 0.3 is 0 Å². The maximum atomic E-state index is 5.87. The molecule has 0 aromatic heterocycles. The second kappa shape index (κ2) is 6.67. The number of hydrogen-bond acceptors (Lipinski definition) is 3. The van der Waals surface area contributed by atoms with Gasteiger partial charge in [0, 0.05) is 29.5 Å². The van der Waals surface area contributed by atoms with E-state index in [9.17, 15) is 0 Å². The molecule has 21 heavy (non-hydrogen) atoms. The highest BCUT2D eigenvalue weighted by Crippen LogP contribution is 2.35. The first kappa shape index (κ1) is 15.3. The van der Waals surface area contributed by atoms with E-state index in [-0.39, 0.29) is 0 Å². The summed E-state index contributed by atoms with van der Waals surface area (Å²) in [5, 5.41) is 3.66. The van der Waals surface area contributed by atoms with Crippen LogP contribution in [0.2, 0.25) is 0 Å². The number of nitrogens with one attached hydrogen (secondary N) is 1. The smallest absolute Gasteiger partial charge is 0.125 e. The van der Waals surface area contributed by atoms with Crippen molar-refractivity contribution in [1.29, 1.82) is 0 Å². The Hall–Kier alpha value is -0.580. The molecule has 3 atom stereocenters. The number of benzene rings is 1. The zero-order valence-electron chi connectivity index (χ0n) is 12.8. The van der Waals surface area contributed by atoms with Crippen molar-refractivity contribution in [3.05, 3.63) is 27.7 Å². The van der Waals surface area contributed by atoms with Crippen molar-refractivity contribution in [2.24, 2.45) is 5.92 Å². The van der Waals surface area contributed by atoms with Gasteiger partial charge in [0.15, 0.2) is 0 Å². The number of ether oxygens (including phenoxy) is 2. The number of rotatable bonds is 5. The fourth-order valence-corrected chi connectivity index (χ4v) is 4.20. The van der Waals surface area contributed by atoms with Gasteiger partial charge in [0.1, 0.15) is 5.75 Å². The summed E-state index contributed by atoms with van der Waals surface area (Å²) in [6, 6.07) is 4.86. The molecule has 0 bridgehead atoms. The van der Waals surface area contributed by atoms with Crippen molar-refractivity contribution >= 4 is 15.9 Å². The molecule has 116 valence electrons. The van der Waals surface area contributed by atoms with Crippen LogP contribution in [0.3, 0.4) is 0 Å². The monoisotopic (exact) mass is 353 g/mol. The summed E-state index contributed by atoms with van der Waals surface area (Å²) < 4.78 is 12.8. The number of hydrogen-bond donors (Lipinski definition) is 1. The molecule has 0 aliphatic carbocycles. The molecule has 0 saturated carbocycles. The van der Waals surface area contributed by atoms with Crippen molar-refractivity contribution in [2.75, 3.05) is 19.8 Å². The molecule has 1 aromatic rings. The second-order valence-electron chi connectivity index (χ2n) is 6.05. The van der Waals surface area contributed by atoms with Crippen LogP contribution in [0.25, 0.3) is 0 Å². The predicted molar refractivity (Wildman–Crippen MR) is 88.0 cm³/mol. The van der Waals surface area contributed by atoms with E-state index in [1.165, 1.54) is 11.1 Å². The Morgan fingerprint density at radius 1 is 1.38 bits per heavy atom. The van der Waals surface area contributed by atoms with Crippen LogP contribution in [0.1, 0.15) is 31.4 Å². The van der Waals surface area contributed by atoms with Gasteiger partial charge in [0.2, 0.25) is 0 Å². The molecule has 2 heterocycles. The molecule has 1 N–H and O–H groups in total. The third kappa shape index (κ3) is 3.27. The minimum absolute atomic E-state index is 0.343. The molecule has 1 aromatic carbocycles. The van der Waals surface area contributed by atoms with Crippen LogP contribution in [-0.2, 0) is 17.6 Å². The maximum Gasteiger partial charge on any atom is 0.125 e. The van der Waals surface area contributed by atoms with Gasteiger partial charge in [-0.25, -0.2) is 0 Å². The predicted octanol–water partition coefficient (Wildman–Crippen LogP) is 3.33. The second-order valence-corrected chi connectivity index (χ2v) is 6.96. The summed E-state index contributed by atoms with van der Waals surface area (Å²) in [6.07, 6.45) is 3.52. The van der Waals surface area contributed by atoms with Gasteiger partial charge in [-0.1, -0.05) is 22.9 Å². The lowest BCUT2D eigenvalue weighted by atomic mass is 9.88. The molecule has 1 fully saturated rings. The molecule has 2 aliphatic rings. The molecule has 1 saturated heterocycles. The van der Waals surface area contributed by atoms with E-state index < -0.39 is 0 Å². The summed E-state index contributed by atoms with van der Waals surface area (Å²) in [6.45, 7) is 7.07. The minimum Gasteiger partial charge on any atom is -0.493 e. The fourth-order valence-electron chi connectivity index (χ4n) is 3.65. The van der Waals surface area contributed by atoms with Crippen LogP contribution in [0.15, 0.2) is 16.6 Å². The van der Waals surface area contributed by atoms with E-state index in [2.05, 4.69) is 47.2 Å². The zero-order chi connectivity index (χ0) is 14.8. The standard InChI is InChI=1S/C17H24BrNO2/c1-3-19-16(15-5-7-20-11(15)2)10-13-9-14(18)8-12-4-6-21-17(12)13/h8-9,11,15-16,19H,3-7,10H2,1-2H3. The molecule has 3 unspecified atom stereocenters. The molecule has 0 spiro atoms. The zero-order valence-corrected chi connectivity index (χ0v) is 14.4. The third-order valence-corrected chi connectivity index (χ3v) is 5.14. The van der Waals surface area contributed by atoms with Crippen molar-refractivity contribution in [3.63, 3.8) is 0 Å². The quantitative estimate of drug-likeness (QED) is 0.880. The van der Waals surface area contributed by atoms with E-state index in [1.54, 1.807) is 0 Å². The molecule has 3 nitrogen and oxygen atoms in total. The normalized spacial score (nSPS) is 25.7. The minimum atomic E-state index is 0.343. The van der Waals surface area contributed by atoms with E-state index in [0.29, 0.717) is 18.1 Å². The largest absolute Gasteiger partial charge is 0.493 e. The lowest BCUT2D eigenvalue weighted by Crippen LogP contribution is -2.40. The van der Waals surface area contributed by atoms with Crippen LogP contribution in [0.4, 0.5) is 0 Å². The number of halogens is 1. The van der Waals surface area contributed by atoms with Gasteiger partial charge in [-0.2, -0.15) is 0 Å². The topological polar surface area (TPSA) is 30.5 Å². The molecular weight excluding hydrogens is 330 g/mol. The van der Waals surface area contributed by atoms with Crippen LogP contribution < -0.4 is 10.1 Å². The van der Waals surface area contributed by atoms with Crippen LogP contribution >= 0.6 is 15.9 Å². The van der Waals surface area contributed by atoms with Crippen LogP contribution in [-0.4, -0.2) is 31.9 Å². The molecule has 3 rings (SSSR count). The lowest BCUT2D eigenvalue weighted by Gasteiger charge is -2.27. The number of likely N-dealkylation sites (N-methyl/N-ethyl adjacent to an activating group) is 1. The van der Waals surface area contributed by atoms with Crippen molar-refractivity contribution < 1.29 is 9.47 Å². The first-order valence-electron chi connectivity index (χ1n) is 7.98. The Morgan fingerprint density at radius 3 is 2.95 bits per heavy atom. The van der Waals surface area contributed by atoms with Crippen LogP contribution in [0, 0.1) is 5.92 Å². The molecule has 0 radical (unpaired) electrons. The Balaban J connectivity index is 1.83. The van der Waals surface area contributed by atoms with Crippen molar-refractivity contribution in [3.8, 4) is 5.75 Å². The van der Waals surface area contributed by atoms with E-state index in [0.717, 1.165) is 49.2 Å². The molecule has 0 amide bonds. The average Bonchev–Trinajstić information content (AvgIpc) is 3.06. The maximum absolute atomic E-state index is 5.87. The highest BCUT2D eigenvalue weighted by atomic mass is 79.9. The van der Waals surface area contributed by atoms with Gasteiger partial charge in [-0.05, 0) is 49.6 Å². The third-order valence-electron chi connectivity index (χ3n) is 4.68. The first-order valence-corrected chi connectivity index (χ1v) is 8.77. The van der Waals surface area contributed by atoms with Crippen molar-refractivity contribution in [1.82, 2.24) is 5.32 Å². The Bertz CT molecular complexity index is 506. The Morgan fingerprint density at radius 2 is 2.24 bits per heavy atom. The van der Waals surface area contributed by atoms with E-state index in [1.807, 2.05) is 0 Å². The summed E-state index contributed by atoms with van der Waals surface area (Å²) in [5.41, 5.74) is 2.66. The van der Waals surface area contributed by atoms with E-state index in [4.69, 9.17) is 9.47 Å². The van der Waals surface area contributed by atoms with E-state index >= 15 is 0 Å². The van der Waals surface area contributed by atoms with Gasteiger partial charge in [-0.3, -0.25) is 0 Å². The lowest BCUT2D eigenvalue weighted by molar-refractivity contribution is 0.0955. The number of fused-ring (bicyclic) bond motifs is 1. The SMILES string of the molecule is CCNC(Cc1cc(Br)cc2c1OCC2)C1CCOC1C. The fraction of sp³-hybridized carbons (Fsp3) is 0.647. The average molecular weight is 354 g/mol. The highest BCUT2D eigenvalue weighted by molar-refractivity contribution is 9.10. The van der Waals surface area contributed by atoms with Gasteiger partial charge in [-0.15, -0.1) is 0 Å². The Kier molecular flexibility index (Phi) is 4.87. The van der Waals surface area contributed by atoms with Gasteiger partial charge < -0.3 is 14.8 Å². The summed E-state index contributed by atoms with van der Waals surface area (Å²) in [5.74, 6) is 1.70. The summed E-state index contributed by atoms with van der Waals surface area (Å²) in [4.78, 5) is 0.